The second-order valence-corrected chi connectivity index (χ2v) is 7.76. The number of fused-ring (bicyclic) bond motifs is 1. The molecular formula is C17H32N2O. The standard InChI is InChI=1S/C17H32N2O/c1-15-5-7-17(14-20,8-6-15)13-18-10-11-19-9-3-2-4-16(19)12-18/h15-16,20H,2-14H2,1H3. The van der Waals surface area contributed by atoms with Crippen LogP contribution in [0.25, 0.3) is 0 Å². The molecular weight excluding hydrogens is 248 g/mol. The van der Waals surface area contributed by atoms with E-state index in [0.29, 0.717) is 6.61 Å². The minimum atomic E-state index is 0.212. The van der Waals surface area contributed by atoms with Crippen LogP contribution in [0.15, 0.2) is 0 Å². The van der Waals surface area contributed by atoms with Crippen LogP contribution < -0.4 is 0 Å². The molecule has 2 heterocycles. The quantitative estimate of drug-likeness (QED) is 0.859. The van der Waals surface area contributed by atoms with Gasteiger partial charge < -0.3 is 5.11 Å². The Morgan fingerprint density at radius 2 is 1.85 bits per heavy atom. The first-order valence-corrected chi connectivity index (χ1v) is 8.78. The Morgan fingerprint density at radius 3 is 2.60 bits per heavy atom. The van der Waals surface area contributed by atoms with Gasteiger partial charge in [-0.25, -0.2) is 0 Å². The molecule has 0 aromatic heterocycles. The molecule has 1 unspecified atom stereocenters. The van der Waals surface area contributed by atoms with Gasteiger partial charge in [0.1, 0.15) is 0 Å². The van der Waals surface area contributed by atoms with Crippen LogP contribution in [0, 0.1) is 11.3 Å². The Labute approximate surface area is 124 Å². The molecule has 0 spiro atoms. The van der Waals surface area contributed by atoms with Gasteiger partial charge in [-0.1, -0.05) is 26.2 Å². The van der Waals surface area contributed by atoms with Crippen molar-refractivity contribution in [1.82, 2.24) is 9.80 Å². The zero-order chi connectivity index (χ0) is 14.0. The summed E-state index contributed by atoms with van der Waals surface area (Å²) in [5.41, 5.74) is 0.212. The summed E-state index contributed by atoms with van der Waals surface area (Å²) in [6.45, 7) is 8.93. The van der Waals surface area contributed by atoms with Gasteiger partial charge in [0.05, 0.1) is 0 Å². The first-order chi connectivity index (χ1) is 9.71. The topological polar surface area (TPSA) is 26.7 Å². The summed E-state index contributed by atoms with van der Waals surface area (Å²) in [6, 6.07) is 0.802. The van der Waals surface area contributed by atoms with E-state index in [1.807, 2.05) is 0 Å². The average Bonchev–Trinajstić information content (AvgIpc) is 2.50. The molecule has 1 saturated carbocycles. The lowest BCUT2D eigenvalue weighted by atomic mass is 9.71. The third-order valence-electron chi connectivity index (χ3n) is 6.15. The van der Waals surface area contributed by atoms with Gasteiger partial charge in [-0.2, -0.15) is 0 Å². The van der Waals surface area contributed by atoms with Crippen molar-refractivity contribution in [2.75, 3.05) is 39.3 Å². The van der Waals surface area contributed by atoms with Gasteiger partial charge in [0, 0.05) is 44.2 Å². The molecule has 3 nitrogen and oxygen atoms in total. The number of hydrogen-bond donors (Lipinski definition) is 1. The third-order valence-corrected chi connectivity index (χ3v) is 6.15. The lowest BCUT2D eigenvalue weighted by molar-refractivity contribution is -0.0104. The lowest BCUT2D eigenvalue weighted by Gasteiger charge is -2.48. The Hall–Kier alpha value is -0.120. The van der Waals surface area contributed by atoms with Gasteiger partial charge in [0.25, 0.3) is 0 Å². The normalized spacial score (nSPS) is 40.5. The summed E-state index contributed by atoms with van der Waals surface area (Å²) in [7, 11) is 0. The van der Waals surface area contributed by atoms with Crippen LogP contribution in [-0.4, -0.2) is 60.3 Å². The number of hydrogen-bond acceptors (Lipinski definition) is 3. The summed E-state index contributed by atoms with van der Waals surface area (Å²) in [6.07, 6.45) is 9.28. The van der Waals surface area contributed by atoms with E-state index < -0.39 is 0 Å². The van der Waals surface area contributed by atoms with E-state index in [1.165, 1.54) is 71.1 Å². The highest BCUT2D eigenvalue weighted by atomic mass is 16.3. The van der Waals surface area contributed by atoms with Crippen LogP contribution in [0.5, 0.6) is 0 Å². The highest BCUT2D eigenvalue weighted by Crippen LogP contribution is 2.39. The maximum atomic E-state index is 9.95. The summed E-state index contributed by atoms with van der Waals surface area (Å²) in [5.74, 6) is 0.866. The summed E-state index contributed by atoms with van der Waals surface area (Å²) < 4.78 is 0. The van der Waals surface area contributed by atoms with E-state index >= 15 is 0 Å². The number of piperazine rings is 1. The smallest absolute Gasteiger partial charge is 0.0499 e. The second kappa shape index (κ2) is 6.33. The van der Waals surface area contributed by atoms with Crippen LogP contribution in [0.1, 0.15) is 51.9 Å². The third kappa shape index (κ3) is 3.20. The predicted molar refractivity (Wildman–Crippen MR) is 82.8 cm³/mol. The van der Waals surface area contributed by atoms with E-state index in [9.17, 15) is 5.11 Å². The molecule has 2 aliphatic heterocycles. The minimum absolute atomic E-state index is 0.212. The average molecular weight is 280 g/mol. The van der Waals surface area contributed by atoms with Crippen LogP contribution in [0.3, 0.4) is 0 Å². The Bertz CT molecular complexity index is 312. The zero-order valence-corrected chi connectivity index (χ0v) is 13.2. The van der Waals surface area contributed by atoms with Crippen molar-refractivity contribution in [1.29, 1.82) is 0 Å². The summed E-state index contributed by atoms with van der Waals surface area (Å²) in [4.78, 5) is 5.37. The monoisotopic (exact) mass is 280 g/mol. The van der Waals surface area contributed by atoms with Gasteiger partial charge in [-0.15, -0.1) is 0 Å². The molecule has 3 aliphatic rings. The van der Waals surface area contributed by atoms with Crippen molar-refractivity contribution < 1.29 is 5.11 Å². The molecule has 1 atom stereocenters. The fourth-order valence-corrected chi connectivity index (χ4v) is 4.58. The first-order valence-electron chi connectivity index (χ1n) is 8.78. The molecule has 20 heavy (non-hydrogen) atoms. The largest absolute Gasteiger partial charge is 0.396 e. The SMILES string of the molecule is CC1CCC(CO)(CN2CCN3CCCCC3C2)CC1. The van der Waals surface area contributed by atoms with Crippen molar-refractivity contribution in [3.63, 3.8) is 0 Å². The first kappa shape index (κ1) is 14.8. The Morgan fingerprint density at radius 1 is 1.05 bits per heavy atom. The Balaban J connectivity index is 1.56. The van der Waals surface area contributed by atoms with E-state index in [2.05, 4.69) is 16.7 Å². The molecule has 0 amide bonds. The summed E-state index contributed by atoms with van der Waals surface area (Å²) >= 11 is 0. The minimum Gasteiger partial charge on any atom is -0.396 e. The predicted octanol–water partition coefficient (Wildman–Crippen LogP) is 2.35. The fraction of sp³-hybridized carbons (Fsp3) is 1.00. The van der Waals surface area contributed by atoms with Crippen molar-refractivity contribution >= 4 is 0 Å². The number of nitrogens with zero attached hydrogens (tertiary/aromatic N) is 2. The maximum absolute atomic E-state index is 9.95. The zero-order valence-electron chi connectivity index (χ0n) is 13.2. The van der Waals surface area contributed by atoms with Crippen molar-refractivity contribution in [3.05, 3.63) is 0 Å². The Kier molecular flexibility index (Phi) is 4.68. The van der Waals surface area contributed by atoms with Gasteiger partial charge in [-0.3, -0.25) is 9.80 Å². The van der Waals surface area contributed by atoms with E-state index in [1.54, 1.807) is 0 Å². The second-order valence-electron chi connectivity index (χ2n) is 7.76. The molecule has 3 heteroatoms. The molecule has 116 valence electrons. The van der Waals surface area contributed by atoms with E-state index in [4.69, 9.17) is 0 Å². The molecule has 0 bridgehead atoms. The molecule has 0 aromatic carbocycles. The number of aliphatic hydroxyl groups excluding tert-OH is 1. The molecule has 0 radical (unpaired) electrons. The molecule has 3 rings (SSSR count). The van der Waals surface area contributed by atoms with E-state index in [-0.39, 0.29) is 5.41 Å². The highest BCUT2D eigenvalue weighted by molar-refractivity contribution is 4.91. The number of rotatable bonds is 3. The van der Waals surface area contributed by atoms with Crippen LogP contribution in [-0.2, 0) is 0 Å². The van der Waals surface area contributed by atoms with Crippen LogP contribution in [0.2, 0.25) is 0 Å². The number of aliphatic hydroxyl groups is 1. The number of piperidine rings is 1. The van der Waals surface area contributed by atoms with Gasteiger partial charge >= 0.3 is 0 Å². The van der Waals surface area contributed by atoms with Crippen molar-refractivity contribution in [2.24, 2.45) is 11.3 Å². The highest BCUT2D eigenvalue weighted by Gasteiger charge is 2.37. The molecule has 0 aromatic rings. The van der Waals surface area contributed by atoms with Crippen molar-refractivity contribution in [2.45, 2.75) is 57.9 Å². The molecule has 1 aliphatic carbocycles. The van der Waals surface area contributed by atoms with Gasteiger partial charge in [-0.05, 0) is 38.1 Å². The van der Waals surface area contributed by atoms with Crippen LogP contribution in [0.4, 0.5) is 0 Å². The van der Waals surface area contributed by atoms with E-state index in [0.717, 1.165) is 18.5 Å². The van der Waals surface area contributed by atoms with Gasteiger partial charge in [0.15, 0.2) is 0 Å². The maximum Gasteiger partial charge on any atom is 0.0499 e. The summed E-state index contributed by atoms with van der Waals surface area (Å²) in [5, 5.41) is 9.95. The molecule has 2 saturated heterocycles. The van der Waals surface area contributed by atoms with Gasteiger partial charge in [0.2, 0.25) is 0 Å². The molecule has 3 fully saturated rings. The fourth-order valence-electron chi connectivity index (χ4n) is 4.58. The van der Waals surface area contributed by atoms with Crippen LogP contribution >= 0.6 is 0 Å². The lowest BCUT2D eigenvalue weighted by Crippen LogP contribution is -2.57. The molecule has 1 N–H and O–H groups in total. The van der Waals surface area contributed by atoms with Crippen molar-refractivity contribution in [3.8, 4) is 0 Å².